The second kappa shape index (κ2) is 4.27. The van der Waals surface area contributed by atoms with Crippen LogP contribution in [0.2, 0.25) is 0 Å². The molecule has 0 N–H and O–H groups in total. The zero-order chi connectivity index (χ0) is 10.7. The SMILES string of the molecule is C=C(/C=C\C)c1cc(C(C)C)nn1C. The Kier molecular flexibility index (Phi) is 3.28. The van der Waals surface area contributed by atoms with Crippen molar-refractivity contribution in [2.45, 2.75) is 26.7 Å². The van der Waals surface area contributed by atoms with Gasteiger partial charge in [0.25, 0.3) is 0 Å². The normalized spacial score (nSPS) is 11.5. The quantitative estimate of drug-likeness (QED) is 0.669. The summed E-state index contributed by atoms with van der Waals surface area (Å²) < 4.78 is 1.89. The molecule has 0 saturated carbocycles. The standard InChI is InChI=1S/C12H18N2/c1-6-7-10(4)12-8-11(9(2)3)13-14(12)5/h6-9H,4H2,1-3,5H3/b7-6-. The fraction of sp³-hybridized carbons (Fsp3) is 0.417. The lowest BCUT2D eigenvalue weighted by Crippen LogP contribution is -1.96. The zero-order valence-electron chi connectivity index (χ0n) is 9.41. The topological polar surface area (TPSA) is 17.8 Å². The fourth-order valence-corrected chi connectivity index (χ4v) is 1.36. The van der Waals surface area contributed by atoms with E-state index in [0.717, 1.165) is 17.0 Å². The molecule has 0 unspecified atom stereocenters. The summed E-state index contributed by atoms with van der Waals surface area (Å²) in [5, 5.41) is 4.44. The first-order chi connectivity index (χ1) is 6.56. The highest BCUT2D eigenvalue weighted by Crippen LogP contribution is 2.19. The smallest absolute Gasteiger partial charge is 0.0675 e. The molecule has 0 amide bonds. The Labute approximate surface area is 85.9 Å². The molecule has 0 aliphatic carbocycles. The largest absolute Gasteiger partial charge is 0.268 e. The molecule has 1 aromatic heterocycles. The molecule has 0 aromatic carbocycles. The first kappa shape index (κ1) is 10.8. The second-order valence-electron chi connectivity index (χ2n) is 3.76. The molecule has 0 aliphatic heterocycles. The van der Waals surface area contributed by atoms with Gasteiger partial charge >= 0.3 is 0 Å². The third-order valence-electron chi connectivity index (χ3n) is 2.19. The van der Waals surface area contributed by atoms with Crippen LogP contribution in [-0.4, -0.2) is 9.78 Å². The van der Waals surface area contributed by atoms with Crippen LogP contribution in [0.25, 0.3) is 5.57 Å². The third-order valence-corrected chi connectivity index (χ3v) is 2.19. The van der Waals surface area contributed by atoms with Crippen molar-refractivity contribution in [1.82, 2.24) is 9.78 Å². The molecule has 0 fully saturated rings. The number of allylic oxidation sites excluding steroid dienone is 3. The van der Waals surface area contributed by atoms with Crippen LogP contribution in [0.15, 0.2) is 24.8 Å². The molecule has 2 heteroatoms. The molecular weight excluding hydrogens is 172 g/mol. The van der Waals surface area contributed by atoms with Crippen molar-refractivity contribution >= 4 is 5.57 Å². The highest BCUT2D eigenvalue weighted by atomic mass is 15.3. The minimum atomic E-state index is 0.466. The van der Waals surface area contributed by atoms with E-state index >= 15 is 0 Å². The Balaban J connectivity index is 3.04. The summed E-state index contributed by atoms with van der Waals surface area (Å²) >= 11 is 0. The average molecular weight is 190 g/mol. The Morgan fingerprint density at radius 2 is 2.21 bits per heavy atom. The summed E-state index contributed by atoms with van der Waals surface area (Å²) in [6.45, 7) is 10.3. The predicted molar refractivity (Wildman–Crippen MR) is 61.1 cm³/mol. The minimum Gasteiger partial charge on any atom is -0.268 e. The van der Waals surface area contributed by atoms with Crippen molar-refractivity contribution in [3.8, 4) is 0 Å². The van der Waals surface area contributed by atoms with E-state index in [1.807, 2.05) is 30.8 Å². The lowest BCUT2D eigenvalue weighted by atomic mass is 10.1. The van der Waals surface area contributed by atoms with Crippen LogP contribution in [0.3, 0.4) is 0 Å². The van der Waals surface area contributed by atoms with E-state index in [9.17, 15) is 0 Å². The molecule has 0 bridgehead atoms. The molecule has 0 radical (unpaired) electrons. The Morgan fingerprint density at radius 1 is 1.57 bits per heavy atom. The van der Waals surface area contributed by atoms with Crippen molar-refractivity contribution in [3.05, 3.63) is 36.2 Å². The maximum atomic E-state index is 4.44. The van der Waals surface area contributed by atoms with Crippen LogP contribution < -0.4 is 0 Å². The number of aryl methyl sites for hydroxylation is 1. The van der Waals surface area contributed by atoms with Gasteiger partial charge in [-0.15, -0.1) is 0 Å². The van der Waals surface area contributed by atoms with E-state index in [1.165, 1.54) is 0 Å². The van der Waals surface area contributed by atoms with Crippen LogP contribution in [-0.2, 0) is 7.05 Å². The van der Waals surface area contributed by atoms with Crippen molar-refractivity contribution in [2.75, 3.05) is 0 Å². The van der Waals surface area contributed by atoms with Crippen molar-refractivity contribution in [3.63, 3.8) is 0 Å². The maximum Gasteiger partial charge on any atom is 0.0675 e. The monoisotopic (exact) mass is 190 g/mol. The van der Waals surface area contributed by atoms with Gasteiger partial charge in [0.1, 0.15) is 0 Å². The molecule has 76 valence electrons. The van der Waals surface area contributed by atoms with Crippen LogP contribution in [0.5, 0.6) is 0 Å². The summed E-state index contributed by atoms with van der Waals surface area (Å²) in [6.07, 6.45) is 3.99. The van der Waals surface area contributed by atoms with Gasteiger partial charge in [0.05, 0.1) is 11.4 Å². The Morgan fingerprint density at radius 3 is 2.64 bits per heavy atom. The molecular formula is C12H18N2. The molecule has 1 heterocycles. The number of hydrogen-bond acceptors (Lipinski definition) is 1. The summed E-state index contributed by atoms with van der Waals surface area (Å²) in [5.74, 6) is 0.466. The van der Waals surface area contributed by atoms with Gasteiger partial charge in [-0.2, -0.15) is 5.10 Å². The van der Waals surface area contributed by atoms with Gasteiger partial charge in [-0.1, -0.05) is 32.6 Å². The van der Waals surface area contributed by atoms with Crippen LogP contribution in [0.1, 0.15) is 38.1 Å². The molecule has 1 aromatic rings. The van der Waals surface area contributed by atoms with Gasteiger partial charge in [0.2, 0.25) is 0 Å². The number of nitrogens with zero attached hydrogens (tertiary/aromatic N) is 2. The van der Waals surface area contributed by atoms with Gasteiger partial charge in [0, 0.05) is 7.05 Å². The highest BCUT2D eigenvalue weighted by Gasteiger charge is 2.08. The third kappa shape index (κ3) is 2.13. The first-order valence-electron chi connectivity index (χ1n) is 4.92. The zero-order valence-corrected chi connectivity index (χ0v) is 9.41. The molecule has 0 spiro atoms. The summed E-state index contributed by atoms with van der Waals surface area (Å²) in [6, 6.07) is 2.10. The van der Waals surface area contributed by atoms with Crippen LogP contribution in [0.4, 0.5) is 0 Å². The van der Waals surface area contributed by atoms with E-state index in [4.69, 9.17) is 0 Å². The summed E-state index contributed by atoms with van der Waals surface area (Å²) in [4.78, 5) is 0. The second-order valence-corrected chi connectivity index (χ2v) is 3.76. The number of rotatable bonds is 3. The van der Waals surface area contributed by atoms with Gasteiger partial charge in [-0.05, 0) is 24.5 Å². The average Bonchev–Trinajstić information content (AvgIpc) is 2.48. The molecule has 0 saturated heterocycles. The van der Waals surface area contributed by atoms with E-state index < -0.39 is 0 Å². The van der Waals surface area contributed by atoms with Crippen molar-refractivity contribution < 1.29 is 0 Å². The molecule has 0 atom stereocenters. The van der Waals surface area contributed by atoms with Gasteiger partial charge in [0.15, 0.2) is 0 Å². The van der Waals surface area contributed by atoms with Gasteiger partial charge < -0.3 is 0 Å². The van der Waals surface area contributed by atoms with Crippen LogP contribution in [0, 0.1) is 0 Å². The Hall–Kier alpha value is -1.31. The number of hydrogen-bond donors (Lipinski definition) is 0. The first-order valence-corrected chi connectivity index (χ1v) is 4.92. The lowest BCUT2D eigenvalue weighted by molar-refractivity contribution is 0.707. The molecule has 0 aliphatic rings. The van der Waals surface area contributed by atoms with Gasteiger partial charge in [-0.25, -0.2) is 0 Å². The summed E-state index contributed by atoms with van der Waals surface area (Å²) in [5.41, 5.74) is 3.22. The number of aromatic nitrogens is 2. The molecule has 2 nitrogen and oxygen atoms in total. The van der Waals surface area contributed by atoms with E-state index in [1.54, 1.807) is 0 Å². The maximum absolute atomic E-state index is 4.44. The minimum absolute atomic E-state index is 0.466. The van der Waals surface area contributed by atoms with Crippen LogP contribution >= 0.6 is 0 Å². The van der Waals surface area contributed by atoms with Crippen molar-refractivity contribution in [2.24, 2.45) is 7.05 Å². The Bertz CT molecular complexity index is 356. The van der Waals surface area contributed by atoms with Crippen molar-refractivity contribution in [1.29, 1.82) is 0 Å². The van der Waals surface area contributed by atoms with E-state index in [-0.39, 0.29) is 0 Å². The lowest BCUT2D eigenvalue weighted by Gasteiger charge is -1.98. The van der Waals surface area contributed by atoms with Gasteiger partial charge in [-0.3, -0.25) is 4.68 Å². The highest BCUT2D eigenvalue weighted by molar-refractivity contribution is 5.69. The fourth-order valence-electron chi connectivity index (χ4n) is 1.36. The van der Waals surface area contributed by atoms with E-state index in [0.29, 0.717) is 5.92 Å². The molecule has 14 heavy (non-hydrogen) atoms. The predicted octanol–water partition coefficient (Wildman–Crippen LogP) is 3.13. The van der Waals surface area contributed by atoms with E-state index in [2.05, 4.69) is 31.6 Å². The molecule has 1 rings (SSSR count). The summed E-state index contributed by atoms with van der Waals surface area (Å²) in [7, 11) is 1.95.